The Morgan fingerprint density at radius 2 is 2.35 bits per heavy atom. The molecule has 1 atom stereocenters. The molecule has 0 amide bonds. The van der Waals surface area contributed by atoms with Gasteiger partial charge in [0.15, 0.2) is 0 Å². The van der Waals surface area contributed by atoms with Crippen LogP contribution < -0.4 is 10.1 Å². The zero-order chi connectivity index (χ0) is 14.5. The number of carbonyl (C=O) groups excluding carboxylic acids is 1. The van der Waals surface area contributed by atoms with Gasteiger partial charge in [0.05, 0.1) is 19.1 Å². The average molecular weight is 342 g/mol. The van der Waals surface area contributed by atoms with Crippen molar-refractivity contribution in [3.63, 3.8) is 0 Å². The molecule has 0 aromatic heterocycles. The minimum absolute atomic E-state index is 0.143. The van der Waals surface area contributed by atoms with Gasteiger partial charge in [0, 0.05) is 29.5 Å². The zero-order valence-corrected chi connectivity index (χ0v) is 13.5. The quantitative estimate of drug-likeness (QED) is 0.808. The van der Waals surface area contributed by atoms with Crippen LogP contribution in [0.2, 0.25) is 0 Å². The van der Waals surface area contributed by atoms with E-state index in [1.165, 1.54) is 5.56 Å². The Morgan fingerprint density at radius 3 is 3.10 bits per heavy atom. The molecule has 1 aromatic carbocycles. The van der Waals surface area contributed by atoms with Gasteiger partial charge in [-0.2, -0.15) is 0 Å². The number of benzene rings is 1. The Labute approximate surface area is 128 Å². The van der Waals surface area contributed by atoms with Gasteiger partial charge in [0.2, 0.25) is 0 Å². The topological polar surface area (TPSA) is 47.6 Å². The number of nitrogens with one attached hydrogen (secondary N) is 1. The molecule has 0 radical (unpaired) electrons. The smallest absolute Gasteiger partial charge is 0.309 e. The molecule has 1 unspecified atom stereocenters. The van der Waals surface area contributed by atoms with Crippen molar-refractivity contribution in [2.75, 3.05) is 19.8 Å². The van der Waals surface area contributed by atoms with Gasteiger partial charge in [-0.05, 0) is 24.6 Å². The molecule has 0 spiro atoms. The van der Waals surface area contributed by atoms with E-state index >= 15 is 0 Å². The van der Waals surface area contributed by atoms with Crippen LogP contribution >= 0.6 is 15.9 Å². The van der Waals surface area contributed by atoms with E-state index in [-0.39, 0.29) is 11.9 Å². The molecule has 0 bridgehead atoms. The fraction of sp³-hybridized carbons (Fsp3) is 0.533. The minimum Gasteiger partial charge on any atom is -0.493 e. The van der Waals surface area contributed by atoms with Crippen molar-refractivity contribution in [2.45, 2.75) is 26.8 Å². The van der Waals surface area contributed by atoms with Gasteiger partial charge in [0.1, 0.15) is 5.75 Å². The molecule has 20 heavy (non-hydrogen) atoms. The van der Waals surface area contributed by atoms with E-state index in [1.807, 2.05) is 13.8 Å². The summed E-state index contributed by atoms with van der Waals surface area (Å²) < 4.78 is 11.7. The molecule has 0 saturated heterocycles. The molecule has 1 aromatic rings. The first-order chi connectivity index (χ1) is 9.61. The summed E-state index contributed by atoms with van der Waals surface area (Å²) in [4.78, 5) is 11.5. The van der Waals surface area contributed by atoms with Crippen molar-refractivity contribution in [1.82, 2.24) is 5.32 Å². The normalized spacial score (nSPS) is 14.6. The van der Waals surface area contributed by atoms with E-state index in [4.69, 9.17) is 9.47 Å². The van der Waals surface area contributed by atoms with Gasteiger partial charge >= 0.3 is 5.97 Å². The van der Waals surface area contributed by atoms with Crippen LogP contribution in [-0.4, -0.2) is 25.7 Å². The van der Waals surface area contributed by atoms with Gasteiger partial charge in [-0.15, -0.1) is 0 Å². The van der Waals surface area contributed by atoms with Crippen molar-refractivity contribution in [3.05, 3.63) is 27.7 Å². The summed E-state index contributed by atoms with van der Waals surface area (Å²) in [7, 11) is 0. The van der Waals surface area contributed by atoms with Crippen molar-refractivity contribution in [3.8, 4) is 5.75 Å². The molecule has 0 fully saturated rings. The van der Waals surface area contributed by atoms with Crippen LogP contribution in [0.1, 0.15) is 25.0 Å². The Hall–Kier alpha value is -1.07. The van der Waals surface area contributed by atoms with Crippen molar-refractivity contribution >= 4 is 21.9 Å². The molecular weight excluding hydrogens is 322 g/mol. The average Bonchev–Trinajstić information content (AvgIpc) is 2.86. The number of fused-ring (bicyclic) bond motifs is 1. The summed E-state index contributed by atoms with van der Waals surface area (Å²) in [6.07, 6.45) is 0.959. The van der Waals surface area contributed by atoms with Gasteiger partial charge in [0.25, 0.3) is 0 Å². The molecule has 1 N–H and O–H groups in total. The first-order valence-corrected chi connectivity index (χ1v) is 7.72. The number of esters is 1. The third-order valence-electron chi connectivity index (χ3n) is 3.28. The minimum atomic E-state index is -0.157. The lowest BCUT2D eigenvalue weighted by molar-refractivity contribution is -0.147. The second-order valence-corrected chi connectivity index (χ2v) is 5.85. The lowest BCUT2D eigenvalue weighted by atomic mass is 10.1. The summed E-state index contributed by atoms with van der Waals surface area (Å²) in [5, 5.41) is 3.30. The first kappa shape index (κ1) is 15.3. The van der Waals surface area contributed by atoms with Crippen LogP contribution in [0.4, 0.5) is 0 Å². The van der Waals surface area contributed by atoms with Crippen LogP contribution in [0.3, 0.4) is 0 Å². The van der Waals surface area contributed by atoms with Crippen molar-refractivity contribution in [1.29, 1.82) is 0 Å². The highest BCUT2D eigenvalue weighted by Crippen LogP contribution is 2.32. The van der Waals surface area contributed by atoms with Gasteiger partial charge in [-0.1, -0.05) is 22.9 Å². The third kappa shape index (κ3) is 3.73. The summed E-state index contributed by atoms with van der Waals surface area (Å²) in [6.45, 7) is 6.15. The highest BCUT2D eigenvalue weighted by molar-refractivity contribution is 9.10. The van der Waals surface area contributed by atoms with E-state index in [0.29, 0.717) is 19.7 Å². The van der Waals surface area contributed by atoms with Gasteiger partial charge < -0.3 is 14.8 Å². The van der Waals surface area contributed by atoms with E-state index in [0.717, 1.165) is 28.8 Å². The monoisotopic (exact) mass is 341 g/mol. The predicted molar refractivity (Wildman–Crippen MR) is 80.8 cm³/mol. The van der Waals surface area contributed by atoms with Gasteiger partial charge in [-0.25, -0.2) is 0 Å². The second kappa shape index (κ2) is 7.09. The number of halogens is 1. The number of hydrogen-bond donors (Lipinski definition) is 1. The van der Waals surface area contributed by atoms with E-state index in [9.17, 15) is 4.79 Å². The fourth-order valence-corrected chi connectivity index (χ4v) is 2.82. The molecule has 1 aliphatic rings. The second-order valence-electron chi connectivity index (χ2n) is 4.94. The molecule has 1 aliphatic heterocycles. The Balaban J connectivity index is 1.90. The largest absolute Gasteiger partial charge is 0.493 e. The summed E-state index contributed by atoms with van der Waals surface area (Å²) in [5.41, 5.74) is 2.37. The van der Waals surface area contributed by atoms with Gasteiger partial charge in [-0.3, -0.25) is 4.79 Å². The van der Waals surface area contributed by atoms with Crippen LogP contribution in [0, 0.1) is 5.92 Å². The van der Waals surface area contributed by atoms with Crippen LogP contribution in [0.15, 0.2) is 16.6 Å². The predicted octanol–water partition coefficient (Wildman–Crippen LogP) is 2.67. The maximum atomic E-state index is 11.5. The highest BCUT2D eigenvalue weighted by Gasteiger charge is 2.18. The third-order valence-corrected chi connectivity index (χ3v) is 3.74. The van der Waals surface area contributed by atoms with Crippen LogP contribution in [0.25, 0.3) is 0 Å². The molecule has 5 heteroatoms. The SMILES string of the molecule is CCOC(=O)C(C)CNCc1cc(Br)cc2c1OCC2. The summed E-state index contributed by atoms with van der Waals surface area (Å²) in [5.74, 6) is 0.691. The lowest BCUT2D eigenvalue weighted by Gasteiger charge is -2.13. The molecule has 1 heterocycles. The molecule has 0 saturated carbocycles. The van der Waals surface area contributed by atoms with E-state index in [1.54, 1.807) is 0 Å². The maximum Gasteiger partial charge on any atom is 0.309 e. The zero-order valence-electron chi connectivity index (χ0n) is 11.9. The first-order valence-electron chi connectivity index (χ1n) is 6.93. The standard InChI is InChI=1S/C15H20BrNO3/c1-3-19-15(18)10(2)8-17-9-12-7-13(16)6-11-4-5-20-14(11)12/h6-7,10,17H,3-5,8-9H2,1-2H3. The lowest BCUT2D eigenvalue weighted by Crippen LogP contribution is -2.27. The number of hydrogen-bond acceptors (Lipinski definition) is 4. The van der Waals surface area contributed by atoms with Crippen molar-refractivity contribution in [2.24, 2.45) is 5.92 Å². The molecule has 2 rings (SSSR count). The summed E-state index contributed by atoms with van der Waals surface area (Å²) >= 11 is 3.52. The van der Waals surface area contributed by atoms with Crippen LogP contribution in [0.5, 0.6) is 5.75 Å². The summed E-state index contributed by atoms with van der Waals surface area (Å²) in [6, 6.07) is 4.17. The fourth-order valence-electron chi connectivity index (χ4n) is 2.27. The van der Waals surface area contributed by atoms with Crippen molar-refractivity contribution < 1.29 is 14.3 Å². The maximum absolute atomic E-state index is 11.5. The van der Waals surface area contributed by atoms with E-state index < -0.39 is 0 Å². The number of carbonyl (C=O) groups is 1. The molecule has 0 aliphatic carbocycles. The molecule has 4 nitrogen and oxygen atoms in total. The Bertz CT molecular complexity index is 490. The van der Waals surface area contributed by atoms with Crippen LogP contribution in [-0.2, 0) is 22.5 Å². The Morgan fingerprint density at radius 1 is 1.55 bits per heavy atom. The number of ether oxygens (including phenoxy) is 2. The molecular formula is C15H20BrNO3. The highest BCUT2D eigenvalue weighted by atomic mass is 79.9. The van der Waals surface area contributed by atoms with E-state index in [2.05, 4.69) is 33.4 Å². The Kier molecular flexibility index (Phi) is 5.43. The number of rotatable bonds is 6. The molecule has 110 valence electrons.